The molecule has 3 N–H and O–H groups in total. The molecule has 13 nitrogen and oxygen atoms in total. The van der Waals surface area contributed by atoms with Crippen LogP contribution in [0.4, 0.5) is 21.6 Å². The molecule has 14 heteroatoms. The monoisotopic (exact) mass is 666 g/mol. The first-order valence-electron chi connectivity index (χ1n) is 16.2. The van der Waals surface area contributed by atoms with Crippen molar-refractivity contribution in [2.24, 2.45) is 9.98 Å². The molecule has 2 aromatic carbocycles. The molecule has 4 heterocycles. The number of anilines is 3. The van der Waals surface area contributed by atoms with E-state index in [9.17, 15) is 10.1 Å². The average molecular weight is 667 g/mol. The molecule has 0 aliphatic carbocycles. The van der Waals surface area contributed by atoms with E-state index in [1.807, 2.05) is 12.1 Å². The molecule has 0 bridgehead atoms. The molecule has 3 aliphatic rings. The highest BCUT2D eigenvalue weighted by atomic mass is 19.1. The number of hydrogen-bond acceptors (Lipinski definition) is 11. The number of ether oxygens (including phenoxy) is 2. The van der Waals surface area contributed by atoms with E-state index in [1.165, 1.54) is 17.3 Å². The lowest BCUT2D eigenvalue weighted by Gasteiger charge is -2.43. The van der Waals surface area contributed by atoms with Gasteiger partial charge in [0.2, 0.25) is 0 Å². The van der Waals surface area contributed by atoms with Crippen LogP contribution in [0, 0.1) is 11.3 Å². The molecule has 3 aromatic rings. The van der Waals surface area contributed by atoms with Gasteiger partial charge in [0, 0.05) is 62.3 Å². The van der Waals surface area contributed by atoms with Crippen LogP contribution in [0.2, 0.25) is 0 Å². The van der Waals surface area contributed by atoms with Crippen molar-refractivity contribution in [3.05, 3.63) is 84.1 Å². The van der Waals surface area contributed by atoms with Gasteiger partial charge in [-0.25, -0.2) is 24.3 Å². The number of carbonyl (C=O) groups is 1. The zero-order valence-corrected chi connectivity index (χ0v) is 27.3. The summed E-state index contributed by atoms with van der Waals surface area (Å²) in [5.74, 6) is 0.703. The smallest absolute Gasteiger partial charge is 0.274 e. The van der Waals surface area contributed by atoms with E-state index < -0.39 is 18.2 Å². The summed E-state index contributed by atoms with van der Waals surface area (Å²) in [6, 6.07) is 15.8. The Labute approximate surface area is 284 Å². The highest BCUT2D eigenvalue weighted by Crippen LogP contribution is 2.27. The molecule has 3 aliphatic heterocycles. The van der Waals surface area contributed by atoms with Crippen molar-refractivity contribution in [1.82, 2.24) is 19.8 Å². The van der Waals surface area contributed by atoms with Crippen molar-refractivity contribution in [2.45, 2.75) is 31.7 Å². The van der Waals surface area contributed by atoms with E-state index in [0.717, 1.165) is 50.8 Å². The molecule has 1 aromatic heterocycles. The van der Waals surface area contributed by atoms with Gasteiger partial charge in [0.15, 0.2) is 12.0 Å². The number of nitriles is 1. The van der Waals surface area contributed by atoms with Crippen LogP contribution >= 0.6 is 0 Å². The second-order valence-corrected chi connectivity index (χ2v) is 12.0. The van der Waals surface area contributed by atoms with E-state index in [-0.39, 0.29) is 42.3 Å². The second-order valence-electron chi connectivity index (χ2n) is 12.0. The number of aliphatic imine (C=N–C) groups is 2. The Kier molecular flexibility index (Phi) is 10.4. The standard InChI is InChI=1S/C35H39FN10O3/c1-3-39-34(43-23(2)42-26-5-7-27(8-6-26)44-12-14-45(15-13-44)28-21-48-22-28)24-4-9-31(25(16-24)17-37)49-32-10-11-46(20-29(32)36)35(47)30-18-41-33(38)19-40-30/h3-9,16,18-19,28-29,32,42H,2,10-15,20-22H2,1H3,(H2,38,41)/b39-3?,43-34-/t29-,32+/m1/s1. The predicted octanol–water partition coefficient (Wildman–Crippen LogP) is 3.50. The van der Waals surface area contributed by atoms with Gasteiger partial charge in [0.05, 0.1) is 43.8 Å². The first-order valence-corrected chi connectivity index (χ1v) is 16.2. The maximum Gasteiger partial charge on any atom is 0.274 e. The van der Waals surface area contributed by atoms with E-state index in [4.69, 9.17) is 15.2 Å². The summed E-state index contributed by atoms with van der Waals surface area (Å²) < 4.78 is 26.6. The fraction of sp³-hybridized carbons (Fsp3) is 0.371. The molecule has 2 atom stereocenters. The number of nitrogens with one attached hydrogen (secondary N) is 1. The Morgan fingerprint density at radius 3 is 2.55 bits per heavy atom. The number of aromatic nitrogens is 2. The number of piperidine rings is 1. The number of nitrogen functional groups attached to an aromatic ring is 1. The summed E-state index contributed by atoms with van der Waals surface area (Å²) >= 11 is 0. The lowest BCUT2D eigenvalue weighted by molar-refractivity contribution is -0.0660. The molecule has 1 amide bonds. The number of nitrogens with two attached hydrogens (primary N) is 1. The number of piperazine rings is 1. The first-order chi connectivity index (χ1) is 23.8. The van der Waals surface area contributed by atoms with Gasteiger partial charge in [-0.15, -0.1) is 0 Å². The minimum absolute atomic E-state index is 0.0891. The van der Waals surface area contributed by atoms with Crippen molar-refractivity contribution in [2.75, 3.05) is 68.4 Å². The molecule has 3 fully saturated rings. The summed E-state index contributed by atoms with van der Waals surface area (Å²) in [5.41, 5.74) is 8.40. The summed E-state index contributed by atoms with van der Waals surface area (Å²) in [6.07, 6.45) is 2.07. The van der Waals surface area contributed by atoms with Crippen LogP contribution in [0.3, 0.4) is 0 Å². The quantitative estimate of drug-likeness (QED) is 0.256. The number of rotatable bonds is 9. The lowest BCUT2D eigenvalue weighted by Crippen LogP contribution is -2.56. The number of carbonyl (C=O) groups excluding carboxylic acids is 1. The van der Waals surface area contributed by atoms with Crippen LogP contribution in [0.1, 0.15) is 35.0 Å². The third kappa shape index (κ3) is 8.02. The molecule has 6 rings (SSSR count). The van der Waals surface area contributed by atoms with Gasteiger partial charge in [0.1, 0.15) is 35.3 Å². The molecule has 3 saturated heterocycles. The third-order valence-corrected chi connectivity index (χ3v) is 8.76. The van der Waals surface area contributed by atoms with Crippen LogP contribution in [-0.4, -0.2) is 109 Å². The maximum absolute atomic E-state index is 15.2. The Balaban J connectivity index is 1.06. The number of benzene rings is 2. The van der Waals surface area contributed by atoms with Crippen LogP contribution in [0.15, 0.2) is 77.2 Å². The fourth-order valence-electron chi connectivity index (χ4n) is 5.98. The molecule has 49 heavy (non-hydrogen) atoms. The second kappa shape index (κ2) is 15.2. The summed E-state index contributed by atoms with van der Waals surface area (Å²) in [5, 5.41) is 13.2. The Morgan fingerprint density at radius 2 is 1.92 bits per heavy atom. The summed E-state index contributed by atoms with van der Waals surface area (Å²) in [7, 11) is 0. The molecule has 0 unspecified atom stereocenters. The Hall–Kier alpha value is -5.39. The van der Waals surface area contributed by atoms with E-state index in [2.05, 4.69) is 59.9 Å². The topological polar surface area (TPSA) is 158 Å². The average Bonchev–Trinajstić information content (AvgIpc) is 3.09. The molecular weight excluding hydrogens is 627 g/mol. The van der Waals surface area contributed by atoms with Crippen LogP contribution < -0.4 is 20.7 Å². The normalized spacial score (nSPS) is 20.5. The van der Waals surface area contributed by atoms with Crippen molar-refractivity contribution in [3.63, 3.8) is 0 Å². The van der Waals surface area contributed by atoms with Crippen molar-refractivity contribution in [3.8, 4) is 11.8 Å². The number of likely N-dealkylation sites (tertiary alicyclic amines) is 1. The minimum atomic E-state index is -1.48. The number of amides is 1. The van der Waals surface area contributed by atoms with Gasteiger partial charge in [-0.3, -0.25) is 9.69 Å². The SMILES string of the molecule is C=C(/N=C(\N=CC)c1ccc(O[C@H]2CCN(C(=O)c3cnc(N)cn3)C[C@H]2F)c(C#N)c1)Nc1ccc(N2CCN(C3COC3)CC2)cc1. The van der Waals surface area contributed by atoms with Gasteiger partial charge in [-0.05, 0) is 49.4 Å². The number of amidine groups is 1. The van der Waals surface area contributed by atoms with Gasteiger partial charge in [-0.1, -0.05) is 6.58 Å². The maximum atomic E-state index is 15.2. The number of alkyl halides is 1. The number of halogens is 1. The zero-order valence-electron chi connectivity index (χ0n) is 27.3. The van der Waals surface area contributed by atoms with Crippen molar-refractivity contribution in [1.29, 1.82) is 5.26 Å². The predicted molar refractivity (Wildman–Crippen MR) is 186 cm³/mol. The first kappa shape index (κ1) is 33.5. The molecule has 0 radical (unpaired) electrons. The van der Waals surface area contributed by atoms with Gasteiger partial charge >= 0.3 is 0 Å². The van der Waals surface area contributed by atoms with Crippen LogP contribution in [0.5, 0.6) is 5.75 Å². The fourth-order valence-corrected chi connectivity index (χ4v) is 5.98. The van der Waals surface area contributed by atoms with Gasteiger partial charge in [0.25, 0.3) is 5.91 Å². The van der Waals surface area contributed by atoms with Crippen molar-refractivity contribution < 1.29 is 18.7 Å². The number of hydrogen-bond donors (Lipinski definition) is 2. The lowest BCUT2D eigenvalue weighted by atomic mass is 10.0. The Morgan fingerprint density at radius 1 is 1.14 bits per heavy atom. The molecule has 0 spiro atoms. The van der Waals surface area contributed by atoms with Gasteiger partial charge < -0.3 is 30.3 Å². The molecular formula is C35H39FN10O3. The molecule has 254 valence electrons. The summed E-state index contributed by atoms with van der Waals surface area (Å²) in [4.78, 5) is 35.9. The van der Waals surface area contributed by atoms with E-state index in [1.54, 1.807) is 31.3 Å². The van der Waals surface area contributed by atoms with Crippen LogP contribution in [-0.2, 0) is 4.74 Å². The highest BCUT2D eigenvalue weighted by Gasteiger charge is 2.34. The summed E-state index contributed by atoms with van der Waals surface area (Å²) in [6.45, 7) is 11.6. The molecule has 0 saturated carbocycles. The Bertz CT molecular complexity index is 1750. The number of nitrogens with zero attached hydrogens (tertiary/aromatic N) is 8. The third-order valence-electron chi connectivity index (χ3n) is 8.76. The largest absolute Gasteiger partial charge is 0.486 e. The van der Waals surface area contributed by atoms with Crippen LogP contribution in [0.25, 0.3) is 0 Å². The minimum Gasteiger partial charge on any atom is -0.486 e. The van der Waals surface area contributed by atoms with E-state index in [0.29, 0.717) is 23.3 Å². The van der Waals surface area contributed by atoms with Gasteiger partial charge in [-0.2, -0.15) is 5.26 Å². The highest BCUT2D eigenvalue weighted by molar-refractivity contribution is 6.03. The van der Waals surface area contributed by atoms with Crippen molar-refractivity contribution >= 4 is 35.2 Å². The van der Waals surface area contributed by atoms with E-state index >= 15 is 4.39 Å². The zero-order chi connectivity index (χ0) is 34.3.